The van der Waals surface area contributed by atoms with Crippen LogP contribution in [0.1, 0.15) is 5.56 Å². The molecule has 0 heterocycles. The number of nitro benzene ring substituents is 1. The molecule has 0 radical (unpaired) electrons. The summed E-state index contributed by atoms with van der Waals surface area (Å²) in [6.45, 7) is -0.444. The van der Waals surface area contributed by atoms with Gasteiger partial charge in [-0.25, -0.2) is 15.0 Å². The fourth-order valence-electron chi connectivity index (χ4n) is 1.46. The minimum absolute atomic E-state index is 0.0235. The van der Waals surface area contributed by atoms with Crippen molar-refractivity contribution in [2.45, 2.75) is 0 Å². The summed E-state index contributed by atoms with van der Waals surface area (Å²) in [6.07, 6.45) is 1.02. The lowest BCUT2D eigenvalue weighted by Gasteiger charge is -2.10. The molecule has 0 saturated carbocycles. The molecule has 124 valence electrons. The lowest BCUT2D eigenvalue weighted by atomic mass is 10.1. The third-order valence-corrected chi connectivity index (χ3v) is 2.46. The van der Waals surface area contributed by atoms with E-state index in [4.69, 9.17) is 15.2 Å². The highest BCUT2D eigenvalue weighted by Crippen LogP contribution is 2.34. The monoisotopic (exact) mass is 326 g/mol. The summed E-state index contributed by atoms with van der Waals surface area (Å²) in [5.41, 5.74) is 6.40. The van der Waals surface area contributed by atoms with Crippen LogP contribution >= 0.6 is 0 Å². The normalized spacial score (nSPS) is 10.2. The van der Waals surface area contributed by atoms with E-state index in [2.05, 4.69) is 9.84 Å². The summed E-state index contributed by atoms with van der Waals surface area (Å²) in [6, 6.07) is 1.40. The van der Waals surface area contributed by atoms with Crippen molar-refractivity contribution in [2.75, 3.05) is 20.8 Å². The Kier molecular flexibility index (Phi) is 6.28. The summed E-state index contributed by atoms with van der Waals surface area (Å²) in [7, 11) is 2.49. The summed E-state index contributed by atoms with van der Waals surface area (Å²) in [5, 5.41) is 14.6. The Hall–Kier alpha value is -3.37. The van der Waals surface area contributed by atoms with Gasteiger partial charge in [0, 0.05) is 0 Å². The molecule has 0 unspecified atom stereocenters. The van der Waals surface area contributed by atoms with Crippen molar-refractivity contribution >= 4 is 23.9 Å². The molecule has 0 spiro atoms. The van der Waals surface area contributed by atoms with Crippen molar-refractivity contribution < 1.29 is 28.7 Å². The van der Waals surface area contributed by atoms with Gasteiger partial charge in [0.1, 0.15) is 0 Å². The Morgan fingerprint density at radius 3 is 2.61 bits per heavy atom. The van der Waals surface area contributed by atoms with E-state index in [0.717, 1.165) is 12.3 Å². The number of carbonyl (C=O) groups excluding carboxylic acids is 2. The highest BCUT2D eigenvalue weighted by atomic mass is 16.6. The first kappa shape index (κ1) is 17.7. The van der Waals surface area contributed by atoms with Gasteiger partial charge in [0.25, 0.3) is 5.69 Å². The quantitative estimate of drug-likeness (QED) is 0.313. The summed E-state index contributed by atoms with van der Waals surface area (Å²) in [5.74, 6) is -0.560. The lowest BCUT2D eigenvalue weighted by molar-refractivity contribution is -0.385. The van der Waals surface area contributed by atoms with Gasteiger partial charge in [-0.15, -0.1) is 0 Å². The van der Waals surface area contributed by atoms with Gasteiger partial charge in [0.2, 0.25) is 0 Å². The maximum Gasteiger partial charge on any atom is 0.343 e. The van der Waals surface area contributed by atoms with E-state index >= 15 is 0 Å². The predicted octanol–water partition coefficient (Wildman–Crippen LogP) is 0.157. The van der Waals surface area contributed by atoms with Gasteiger partial charge in [0.05, 0.1) is 37.0 Å². The van der Waals surface area contributed by atoms with Crippen molar-refractivity contribution in [3.63, 3.8) is 0 Å². The van der Waals surface area contributed by atoms with Crippen LogP contribution in [0.25, 0.3) is 0 Å². The minimum atomic E-state index is -0.922. The summed E-state index contributed by atoms with van der Waals surface area (Å²) >= 11 is 0. The Bertz CT molecular complexity index is 645. The molecule has 3 N–H and O–H groups in total. The van der Waals surface area contributed by atoms with Crippen LogP contribution in [0.15, 0.2) is 17.2 Å². The second kappa shape index (κ2) is 8.17. The molecular weight excluding hydrogens is 312 g/mol. The second-order valence-corrected chi connectivity index (χ2v) is 3.92. The number of urea groups is 1. The van der Waals surface area contributed by atoms with E-state index < -0.39 is 23.5 Å². The number of nitrogens with two attached hydrogens (primary N) is 1. The first-order valence-electron chi connectivity index (χ1n) is 6.03. The molecule has 0 aliphatic rings. The topological polar surface area (TPSA) is 155 Å². The van der Waals surface area contributed by atoms with Crippen LogP contribution in [-0.4, -0.2) is 44.0 Å². The number of ether oxygens (including phenoxy) is 3. The van der Waals surface area contributed by atoms with Crippen molar-refractivity contribution in [3.05, 3.63) is 27.8 Å². The number of nitro groups is 1. The zero-order chi connectivity index (χ0) is 17.4. The molecule has 1 aromatic carbocycles. The third-order valence-electron chi connectivity index (χ3n) is 2.46. The van der Waals surface area contributed by atoms with E-state index in [1.807, 2.05) is 5.43 Å². The lowest BCUT2D eigenvalue weighted by Crippen LogP contribution is -2.24. The number of nitrogens with one attached hydrogen (secondary N) is 1. The molecule has 2 amide bonds. The van der Waals surface area contributed by atoms with Crippen molar-refractivity contribution in [1.82, 2.24) is 5.43 Å². The molecule has 11 heteroatoms. The highest BCUT2D eigenvalue weighted by Gasteiger charge is 2.19. The van der Waals surface area contributed by atoms with E-state index in [0.29, 0.717) is 0 Å². The zero-order valence-corrected chi connectivity index (χ0v) is 12.3. The number of esters is 1. The Balaban J connectivity index is 3.17. The van der Waals surface area contributed by atoms with Gasteiger partial charge < -0.3 is 19.9 Å². The molecular formula is C12H14N4O7. The molecule has 0 aliphatic carbocycles. The number of hydrazone groups is 1. The highest BCUT2D eigenvalue weighted by molar-refractivity contribution is 5.87. The molecule has 0 fully saturated rings. The average Bonchev–Trinajstić information content (AvgIpc) is 2.51. The molecule has 1 aromatic rings. The number of nitrogens with zero attached hydrogens (tertiary/aromatic N) is 2. The maximum absolute atomic E-state index is 11.1. The summed E-state index contributed by atoms with van der Waals surface area (Å²) in [4.78, 5) is 32.0. The number of hydrogen-bond acceptors (Lipinski definition) is 8. The van der Waals surface area contributed by atoms with Crippen LogP contribution in [-0.2, 0) is 9.53 Å². The number of primary amides is 1. The smallest absolute Gasteiger partial charge is 0.343 e. The molecule has 23 heavy (non-hydrogen) atoms. The number of hydrogen-bond donors (Lipinski definition) is 2. The number of methoxy groups -OCH3 is 2. The number of amides is 2. The fraction of sp³-hybridized carbons (Fsp3) is 0.250. The van der Waals surface area contributed by atoms with Crippen LogP contribution in [0.3, 0.4) is 0 Å². The van der Waals surface area contributed by atoms with Gasteiger partial charge in [-0.05, 0) is 6.07 Å². The fourth-order valence-corrected chi connectivity index (χ4v) is 1.46. The maximum atomic E-state index is 11.1. The molecule has 0 saturated heterocycles. The van der Waals surface area contributed by atoms with Crippen molar-refractivity contribution in [2.24, 2.45) is 10.8 Å². The SMILES string of the molecule is COC(=O)COc1cc([N+](=O)[O-])c(C=NNC(N)=O)cc1OC. The van der Waals surface area contributed by atoms with Crippen LogP contribution in [0.5, 0.6) is 11.5 Å². The molecule has 0 atom stereocenters. The summed E-state index contributed by atoms with van der Waals surface area (Å²) < 4.78 is 14.6. The van der Waals surface area contributed by atoms with Crippen molar-refractivity contribution in [1.29, 1.82) is 0 Å². The number of carbonyl (C=O) groups is 2. The Labute approximate surface area is 130 Å². The molecule has 1 rings (SSSR count). The molecule has 11 nitrogen and oxygen atoms in total. The van der Waals surface area contributed by atoms with Gasteiger partial charge in [-0.2, -0.15) is 5.10 Å². The zero-order valence-electron chi connectivity index (χ0n) is 12.3. The van der Waals surface area contributed by atoms with Gasteiger partial charge in [-0.3, -0.25) is 10.1 Å². The first-order chi connectivity index (χ1) is 10.9. The van der Waals surface area contributed by atoms with E-state index in [9.17, 15) is 19.7 Å². The number of benzene rings is 1. The predicted molar refractivity (Wildman–Crippen MR) is 77.5 cm³/mol. The number of rotatable bonds is 7. The van der Waals surface area contributed by atoms with Gasteiger partial charge in [0.15, 0.2) is 18.1 Å². The molecule has 0 bridgehead atoms. The van der Waals surface area contributed by atoms with Gasteiger partial charge >= 0.3 is 12.0 Å². The molecule has 0 aromatic heterocycles. The van der Waals surface area contributed by atoms with Crippen molar-refractivity contribution in [3.8, 4) is 11.5 Å². The van der Waals surface area contributed by atoms with E-state index in [1.165, 1.54) is 20.3 Å². The standard InChI is InChI=1S/C12H14N4O7/c1-21-9-3-7(5-14-15-12(13)18)8(16(19)20)4-10(9)23-6-11(17)22-2/h3-5H,6H2,1-2H3,(H3,13,15,18). The van der Waals surface area contributed by atoms with Crippen LogP contribution in [0.2, 0.25) is 0 Å². The van der Waals surface area contributed by atoms with Gasteiger partial charge in [-0.1, -0.05) is 0 Å². The van der Waals surface area contributed by atoms with E-state index in [1.54, 1.807) is 0 Å². The average molecular weight is 326 g/mol. The van der Waals surface area contributed by atoms with Crippen LogP contribution in [0.4, 0.5) is 10.5 Å². The van der Waals surface area contributed by atoms with Crippen LogP contribution < -0.4 is 20.6 Å². The Morgan fingerprint density at radius 2 is 2.09 bits per heavy atom. The third kappa shape index (κ3) is 5.15. The largest absolute Gasteiger partial charge is 0.493 e. The molecule has 0 aliphatic heterocycles. The second-order valence-electron chi connectivity index (χ2n) is 3.92. The first-order valence-corrected chi connectivity index (χ1v) is 6.03. The Morgan fingerprint density at radius 1 is 1.39 bits per heavy atom. The minimum Gasteiger partial charge on any atom is -0.493 e. The van der Waals surface area contributed by atoms with Crippen LogP contribution in [0, 0.1) is 10.1 Å². The van der Waals surface area contributed by atoms with E-state index in [-0.39, 0.29) is 22.7 Å².